The molecule has 21 heavy (non-hydrogen) atoms. The second kappa shape index (κ2) is 6.85. The van der Waals surface area contributed by atoms with Crippen molar-refractivity contribution in [3.63, 3.8) is 0 Å². The van der Waals surface area contributed by atoms with E-state index in [1.54, 1.807) is 6.07 Å². The van der Waals surface area contributed by atoms with Crippen molar-refractivity contribution in [2.24, 2.45) is 5.92 Å². The number of hydrogen-bond acceptors (Lipinski definition) is 4. The van der Waals surface area contributed by atoms with Gasteiger partial charge in [-0.15, -0.1) is 0 Å². The van der Waals surface area contributed by atoms with Crippen LogP contribution in [0.3, 0.4) is 0 Å². The van der Waals surface area contributed by atoms with Crippen molar-refractivity contribution in [3.8, 4) is 0 Å². The van der Waals surface area contributed by atoms with E-state index in [0.717, 1.165) is 25.5 Å². The number of rotatable bonds is 6. The van der Waals surface area contributed by atoms with E-state index in [1.807, 2.05) is 4.90 Å². The lowest BCUT2D eigenvalue weighted by molar-refractivity contribution is -0.386. The summed E-state index contributed by atoms with van der Waals surface area (Å²) in [6.07, 6.45) is 2.17. The number of nitro benzene ring substituents is 1. The van der Waals surface area contributed by atoms with Gasteiger partial charge >= 0.3 is 5.69 Å². The number of nitrogens with zero attached hydrogens (tertiary/aromatic N) is 2. The summed E-state index contributed by atoms with van der Waals surface area (Å²) in [6.45, 7) is 6.43. The van der Waals surface area contributed by atoms with Crippen LogP contribution in [0.1, 0.15) is 26.7 Å². The number of halogens is 1. The Morgan fingerprint density at radius 2 is 2.29 bits per heavy atom. The van der Waals surface area contributed by atoms with Crippen molar-refractivity contribution in [1.82, 2.24) is 5.32 Å². The molecule has 1 aliphatic heterocycles. The van der Waals surface area contributed by atoms with Crippen molar-refractivity contribution >= 4 is 11.4 Å². The van der Waals surface area contributed by atoms with Gasteiger partial charge in [0.05, 0.1) is 4.92 Å². The topological polar surface area (TPSA) is 58.4 Å². The van der Waals surface area contributed by atoms with Crippen LogP contribution in [-0.4, -0.2) is 30.6 Å². The van der Waals surface area contributed by atoms with Gasteiger partial charge in [0, 0.05) is 19.1 Å². The fourth-order valence-electron chi connectivity index (χ4n) is 2.83. The molecule has 0 saturated carbocycles. The summed E-state index contributed by atoms with van der Waals surface area (Å²) >= 11 is 0. The third-order valence-corrected chi connectivity index (χ3v) is 3.68. The highest BCUT2D eigenvalue weighted by atomic mass is 19.1. The Balaban J connectivity index is 2.31. The zero-order valence-corrected chi connectivity index (χ0v) is 12.5. The average Bonchev–Trinajstić information content (AvgIpc) is 2.89. The predicted molar refractivity (Wildman–Crippen MR) is 81.1 cm³/mol. The molecule has 1 N–H and O–H groups in total. The van der Waals surface area contributed by atoms with Gasteiger partial charge in [0.1, 0.15) is 5.69 Å². The van der Waals surface area contributed by atoms with E-state index in [4.69, 9.17) is 0 Å². The molecule has 0 aliphatic carbocycles. The van der Waals surface area contributed by atoms with E-state index in [2.05, 4.69) is 19.2 Å². The SMILES string of the molecule is CC(C)CN(CC1CCCN1)c1cccc(F)c1[N+](=O)[O-]. The molecule has 1 fully saturated rings. The molecule has 1 atom stereocenters. The van der Waals surface area contributed by atoms with Crippen LogP contribution in [0.15, 0.2) is 18.2 Å². The van der Waals surface area contributed by atoms with Crippen LogP contribution in [0.4, 0.5) is 15.8 Å². The predicted octanol–water partition coefficient (Wildman–Crippen LogP) is 2.95. The Bertz CT molecular complexity index is 502. The lowest BCUT2D eigenvalue weighted by Crippen LogP contribution is -2.39. The fraction of sp³-hybridized carbons (Fsp3) is 0.600. The summed E-state index contributed by atoms with van der Waals surface area (Å²) in [6, 6.07) is 4.63. The van der Waals surface area contributed by atoms with Gasteiger partial charge in [0.2, 0.25) is 5.82 Å². The van der Waals surface area contributed by atoms with Gasteiger partial charge in [-0.2, -0.15) is 4.39 Å². The molecule has 5 nitrogen and oxygen atoms in total. The van der Waals surface area contributed by atoms with Crippen molar-refractivity contribution in [2.75, 3.05) is 24.5 Å². The van der Waals surface area contributed by atoms with Crippen LogP contribution in [0.5, 0.6) is 0 Å². The molecular weight excluding hydrogens is 273 g/mol. The van der Waals surface area contributed by atoms with Crippen LogP contribution in [0.2, 0.25) is 0 Å². The van der Waals surface area contributed by atoms with Crippen LogP contribution in [0, 0.1) is 21.8 Å². The molecule has 1 aromatic carbocycles. The maximum atomic E-state index is 13.8. The maximum Gasteiger partial charge on any atom is 0.327 e. The number of nitrogens with one attached hydrogen (secondary N) is 1. The molecule has 0 aromatic heterocycles. The zero-order valence-electron chi connectivity index (χ0n) is 12.5. The van der Waals surface area contributed by atoms with Gasteiger partial charge in [-0.05, 0) is 37.4 Å². The van der Waals surface area contributed by atoms with Crippen molar-refractivity contribution in [2.45, 2.75) is 32.7 Å². The molecule has 1 unspecified atom stereocenters. The number of anilines is 1. The smallest absolute Gasteiger partial charge is 0.327 e. The lowest BCUT2D eigenvalue weighted by Gasteiger charge is -2.29. The third-order valence-electron chi connectivity index (χ3n) is 3.68. The van der Waals surface area contributed by atoms with Crippen molar-refractivity contribution < 1.29 is 9.31 Å². The first-order valence-electron chi connectivity index (χ1n) is 7.40. The largest absolute Gasteiger partial charge is 0.364 e. The number of para-hydroxylation sites is 1. The highest BCUT2D eigenvalue weighted by Crippen LogP contribution is 2.31. The molecular formula is C15H22FN3O2. The second-order valence-corrected chi connectivity index (χ2v) is 5.96. The minimum atomic E-state index is -0.773. The first-order chi connectivity index (χ1) is 9.99. The highest BCUT2D eigenvalue weighted by molar-refractivity contribution is 5.64. The fourth-order valence-corrected chi connectivity index (χ4v) is 2.83. The minimum Gasteiger partial charge on any atom is -0.364 e. The molecule has 116 valence electrons. The van der Waals surface area contributed by atoms with E-state index in [9.17, 15) is 14.5 Å². The van der Waals surface area contributed by atoms with E-state index < -0.39 is 16.4 Å². The van der Waals surface area contributed by atoms with Crippen molar-refractivity contribution in [1.29, 1.82) is 0 Å². The summed E-state index contributed by atoms with van der Waals surface area (Å²) in [5, 5.41) is 14.6. The molecule has 0 radical (unpaired) electrons. The molecule has 1 heterocycles. The normalized spacial score (nSPS) is 18.2. The molecule has 0 spiro atoms. The first kappa shape index (κ1) is 15.7. The van der Waals surface area contributed by atoms with Gasteiger partial charge in [-0.3, -0.25) is 10.1 Å². The summed E-state index contributed by atoms with van der Waals surface area (Å²) < 4.78 is 13.8. The Hall–Kier alpha value is -1.69. The minimum absolute atomic E-state index is 0.312. The molecule has 0 amide bonds. The number of nitro groups is 1. The monoisotopic (exact) mass is 295 g/mol. The number of hydrogen-bond donors (Lipinski definition) is 1. The van der Waals surface area contributed by atoms with Gasteiger partial charge in [-0.1, -0.05) is 19.9 Å². The highest BCUT2D eigenvalue weighted by Gasteiger charge is 2.27. The third kappa shape index (κ3) is 3.91. The summed E-state index contributed by atoms with van der Waals surface area (Å²) in [5.74, 6) is -0.431. The Morgan fingerprint density at radius 1 is 1.52 bits per heavy atom. The first-order valence-corrected chi connectivity index (χ1v) is 7.40. The molecule has 1 saturated heterocycles. The van der Waals surface area contributed by atoms with E-state index in [-0.39, 0.29) is 0 Å². The summed E-state index contributed by atoms with van der Waals surface area (Å²) in [4.78, 5) is 12.5. The standard InChI is InChI=1S/C15H22FN3O2/c1-11(2)9-18(10-12-5-4-8-17-12)14-7-3-6-13(16)15(14)19(20)21/h3,6-7,11-12,17H,4-5,8-10H2,1-2H3. The Morgan fingerprint density at radius 3 is 2.86 bits per heavy atom. The van der Waals surface area contributed by atoms with Gasteiger partial charge in [-0.25, -0.2) is 0 Å². The van der Waals surface area contributed by atoms with Crippen LogP contribution < -0.4 is 10.2 Å². The number of benzene rings is 1. The Kier molecular flexibility index (Phi) is 5.12. The van der Waals surface area contributed by atoms with Gasteiger partial charge in [0.25, 0.3) is 0 Å². The molecule has 1 aromatic rings. The van der Waals surface area contributed by atoms with Crippen LogP contribution >= 0.6 is 0 Å². The van der Waals surface area contributed by atoms with E-state index >= 15 is 0 Å². The van der Waals surface area contributed by atoms with Gasteiger partial charge in [0.15, 0.2) is 0 Å². The summed E-state index contributed by atoms with van der Waals surface area (Å²) in [5.41, 5.74) is -0.0430. The molecule has 2 rings (SSSR count). The second-order valence-electron chi connectivity index (χ2n) is 5.96. The van der Waals surface area contributed by atoms with Crippen LogP contribution in [-0.2, 0) is 0 Å². The van der Waals surface area contributed by atoms with E-state index in [1.165, 1.54) is 6.07 Å². The van der Waals surface area contributed by atoms with E-state index in [0.29, 0.717) is 30.7 Å². The average molecular weight is 295 g/mol. The van der Waals surface area contributed by atoms with Crippen LogP contribution in [0.25, 0.3) is 0 Å². The van der Waals surface area contributed by atoms with Gasteiger partial charge < -0.3 is 10.2 Å². The summed E-state index contributed by atoms with van der Waals surface area (Å²) in [7, 11) is 0. The zero-order chi connectivity index (χ0) is 15.4. The molecule has 1 aliphatic rings. The quantitative estimate of drug-likeness (QED) is 0.647. The Labute approximate surface area is 124 Å². The molecule has 0 bridgehead atoms. The van der Waals surface area contributed by atoms with Crippen molar-refractivity contribution in [3.05, 3.63) is 34.1 Å². The lowest BCUT2D eigenvalue weighted by atomic mass is 10.1. The molecule has 6 heteroatoms. The maximum absolute atomic E-state index is 13.8.